The summed E-state index contributed by atoms with van der Waals surface area (Å²) in [4.78, 5) is 33.9. The molecule has 166 valence electrons. The van der Waals surface area contributed by atoms with Crippen molar-refractivity contribution < 1.29 is 18.7 Å². The molecule has 4 rings (SSSR count). The Morgan fingerprint density at radius 2 is 2.12 bits per heavy atom. The Labute approximate surface area is 195 Å². The van der Waals surface area contributed by atoms with E-state index >= 15 is 0 Å². The number of esters is 1. The summed E-state index contributed by atoms with van der Waals surface area (Å²) in [7, 11) is 3.08. The van der Waals surface area contributed by atoms with Gasteiger partial charge in [0.1, 0.15) is 5.76 Å². The molecule has 1 amide bonds. The maximum absolute atomic E-state index is 13.0. The van der Waals surface area contributed by atoms with Crippen molar-refractivity contribution in [3.05, 3.63) is 81.4 Å². The lowest BCUT2D eigenvalue weighted by Gasteiger charge is -2.36. The van der Waals surface area contributed by atoms with Gasteiger partial charge in [0.15, 0.2) is 5.17 Å². The van der Waals surface area contributed by atoms with Crippen LogP contribution in [0.3, 0.4) is 0 Å². The molecule has 2 aromatic rings. The first-order valence-corrected chi connectivity index (χ1v) is 11.2. The van der Waals surface area contributed by atoms with Crippen molar-refractivity contribution in [1.82, 2.24) is 9.80 Å². The number of halogens is 1. The molecular formula is C23H22ClN3O4S. The van der Waals surface area contributed by atoms with Gasteiger partial charge in [0, 0.05) is 17.8 Å². The smallest absolute Gasteiger partial charge is 0.338 e. The highest BCUT2D eigenvalue weighted by molar-refractivity contribution is 8.16. The van der Waals surface area contributed by atoms with Gasteiger partial charge in [-0.2, -0.15) is 0 Å². The molecule has 0 spiro atoms. The Kier molecular flexibility index (Phi) is 6.43. The average Bonchev–Trinajstić information content (AvgIpc) is 3.42. The lowest BCUT2D eigenvalue weighted by molar-refractivity contribution is -0.136. The molecule has 0 unspecified atom stereocenters. The van der Waals surface area contributed by atoms with Crippen molar-refractivity contribution >= 4 is 40.4 Å². The van der Waals surface area contributed by atoms with Crippen molar-refractivity contribution in [3.8, 4) is 0 Å². The summed E-state index contributed by atoms with van der Waals surface area (Å²) in [5.41, 5.74) is 2.57. The third-order valence-corrected chi connectivity index (χ3v) is 6.43. The molecular weight excluding hydrogens is 450 g/mol. The van der Waals surface area contributed by atoms with Gasteiger partial charge in [0.25, 0.3) is 0 Å². The molecule has 0 saturated heterocycles. The van der Waals surface area contributed by atoms with E-state index in [1.165, 1.54) is 18.9 Å². The monoisotopic (exact) mass is 471 g/mol. The second-order valence-corrected chi connectivity index (χ2v) is 8.72. The third-order valence-electron chi connectivity index (χ3n) is 5.30. The van der Waals surface area contributed by atoms with Crippen LogP contribution in [0.1, 0.15) is 30.7 Å². The minimum atomic E-state index is -0.502. The van der Waals surface area contributed by atoms with Crippen LogP contribution >= 0.6 is 23.4 Å². The number of methoxy groups -OCH3 is 1. The number of carbonyl (C=O) groups is 2. The number of ether oxygens (including phenoxy) is 1. The van der Waals surface area contributed by atoms with Gasteiger partial charge in [0.05, 0.1) is 43.7 Å². The van der Waals surface area contributed by atoms with Gasteiger partial charge in [0.2, 0.25) is 5.91 Å². The molecule has 0 bridgehead atoms. The average molecular weight is 472 g/mol. The predicted molar refractivity (Wildman–Crippen MR) is 124 cm³/mol. The maximum atomic E-state index is 13.0. The van der Waals surface area contributed by atoms with Gasteiger partial charge >= 0.3 is 5.97 Å². The van der Waals surface area contributed by atoms with E-state index in [4.69, 9.17) is 20.8 Å². The number of rotatable bonds is 6. The van der Waals surface area contributed by atoms with Crippen molar-refractivity contribution in [2.45, 2.75) is 25.9 Å². The van der Waals surface area contributed by atoms with Crippen molar-refractivity contribution in [3.63, 3.8) is 0 Å². The van der Waals surface area contributed by atoms with Crippen LogP contribution < -0.4 is 0 Å². The summed E-state index contributed by atoms with van der Waals surface area (Å²) in [6.07, 6.45) is 1.73. The van der Waals surface area contributed by atoms with Crippen LogP contribution in [-0.2, 0) is 20.9 Å². The number of hydrogen-bond donors (Lipinski definition) is 0. The standard InChI is InChI=1S/C23H22ClN3O4S/c1-14-20(22(29)30-3)21(15-6-4-7-16(24)10-15)27-17(13-32-23(27)25-14)11-19(28)26(2)12-18-8-5-9-31-18/h4-10,13,21H,11-12H2,1-3H3/t21-/m1/s1. The predicted octanol–water partition coefficient (Wildman–Crippen LogP) is 4.73. The van der Waals surface area contributed by atoms with Crippen LogP contribution in [0.15, 0.2) is 74.4 Å². The molecule has 0 aliphatic carbocycles. The number of amides is 1. The van der Waals surface area contributed by atoms with E-state index in [-0.39, 0.29) is 12.3 Å². The highest BCUT2D eigenvalue weighted by atomic mass is 35.5. The van der Waals surface area contributed by atoms with E-state index in [1.54, 1.807) is 37.3 Å². The second kappa shape index (κ2) is 9.26. The number of nitrogens with zero attached hydrogens (tertiary/aromatic N) is 3. The summed E-state index contributed by atoms with van der Waals surface area (Å²) >= 11 is 7.69. The van der Waals surface area contributed by atoms with Crippen molar-refractivity contribution in [1.29, 1.82) is 0 Å². The number of fused-ring (bicyclic) bond motifs is 1. The van der Waals surface area contributed by atoms with Crippen LogP contribution in [0.5, 0.6) is 0 Å². The number of furan rings is 1. The molecule has 1 aromatic carbocycles. The molecule has 32 heavy (non-hydrogen) atoms. The zero-order chi connectivity index (χ0) is 22.8. The number of hydrogen-bond acceptors (Lipinski definition) is 7. The molecule has 7 nitrogen and oxygen atoms in total. The Morgan fingerprint density at radius 1 is 1.31 bits per heavy atom. The molecule has 0 saturated carbocycles. The van der Waals surface area contributed by atoms with Crippen LogP contribution in [0.4, 0.5) is 0 Å². The van der Waals surface area contributed by atoms with Gasteiger partial charge in [-0.1, -0.05) is 35.5 Å². The van der Waals surface area contributed by atoms with Crippen molar-refractivity contribution in [2.24, 2.45) is 4.99 Å². The van der Waals surface area contributed by atoms with Crippen LogP contribution in [0.25, 0.3) is 0 Å². The van der Waals surface area contributed by atoms with Gasteiger partial charge < -0.3 is 19.0 Å². The fourth-order valence-corrected chi connectivity index (χ4v) is 4.91. The highest BCUT2D eigenvalue weighted by Crippen LogP contribution is 2.45. The molecule has 9 heteroatoms. The topological polar surface area (TPSA) is 75.3 Å². The van der Waals surface area contributed by atoms with Gasteiger partial charge in [-0.3, -0.25) is 4.79 Å². The van der Waals surface area contributed by atoms with Crippen LogP contribution in [0, 0.1) is 0 Å². The van der Waals surface area contributed by atoms with Gasteiger partial charge in [-0.15, -0.1) is 0 Å². The number of amidine groups is 1. The first kappa shape index (κ1) is 22.2. The van der Waals surface area contributed by atoms with Gasteiger partial charge in [-0.25, -0.2) is 9.79 Å². The summed E-state index contributed by atoms with van der Waals surface area (Å²) in [5, 5.41) is 3.17. The second-order valence-electron chi connectivity index (χ2n) is 7.45. The summed E-state index contributed by atoms with van der Waals surface area (Å²) in [6, 6.07) is 10.5. The number of benzene rings is 1. The molecule has 0 radical (unpaired) electrons. The van der Waals surface area contributed by atoms with E-state index < -0.39 is 12.0 Å². The third kappa shape index (κ3) is 4.33. The SMILES string of the molecule is COC(=O)C1=C(C)N=C2SC=C(CC(=O)N(C)Cc3ccco3)N2[C@@H]1c1cccc(Cl)c1. The fourth-order valence-electron chi connectivity index (χ4n) is 3.75. The van der Waals surface area contributed by atoms with Crippen molar-refractivity contribution in [2.75, 3.05) is 14.2 Å². The Morgan fingerprint density at radius 3 is 2.81 bits per heavy atom. The number of carbonyl (C=O) groups excluding carboxylic acids is 2. The lowest BCUT2D eigenvalue weighted by atomic mass is 9.94. The lowest BCUT2D eigenvalue weighted by Crippen LogP contribution is -2.38. The largest absolute Gasteiger partial charge is 0.467 e. The van der Waals surface area contributed by atoms with Gasteiger partial charge in [-0.05, 0) is 42.2 Å². The maximum Gasteiger partial charge on any atom is 0.338 e. The number of thioether (sulfide) groups is 1. The zero-order valence-electron chi connectivity index (χ0n) is 17.9. The molecule has 0 fully saturated rings. The minimum absolute atomic E-state index is 0.0785. The summed E-state index contributed by atoms with van der Waals surface area (Å²) in [5.74, 6) is 0.164. The Balaban J connectivity index is 1.65. The van der Waals surface area contributed by atoms with E-state index in [1.807, 2.05) is 34.6 Å². The van der Waals surface area contributed by atoms with E-state index in [2.05, 4.69) is 4.99 Å². The minimum Gasteiger partial charge on any atom is -0.467 e. The summed E-state index contributed by atoms with van der Waals surface area (Å²) < 4.78 is 10.4. The first-order chi connectivity index (χ1) is 15.4. The van der Waals surface area contributed by atoms with Crippen LogP contribution in [-0.4, -0.2) is 41.0 Å². The molecule has 2 aliphatic rings. The van der Waals surface area contributed by atoms with E-state index in [0.29, 0.717) is 33.8 Å². The first-order valence-electron chi connectivity index (χ1n) is 9.93. The molecule has 2 aliphatic heterocycles. The Bertz CT molecular complexity index is 1140. The number of aliphatic imine (C=N–C) groups is 1. The fraction of sp³-hybridized carbons (Fsp3) is 0.261. The molecule has 1 aromatic heterocycles. The molecule has 0 N–H and O–H groups in total. The quantitative estimate of drug-likeness (QED) is 0.567. The molecule has 1 atom stereocenters. The zero-order valence-corrected chi connectivity index (χ0v) is 19.4. The summed E-state index contributed by atoms with van der Waals surface area (Å²) in [6.45, 7) is 2.16. The van der Waals surface area contributed by atoms with E-state index in [9.17, 15) is 9.59 Å². The normalized spacial score (nSPS) is 17.6. The highest BCUT2D eigenvalue weighted by Gasteiger charge is 2.41. The van der Waals surface area contributed by atoms with Crippen LogP contribution in [0.2, 0.25) is 5.02 Å². The Hall–Kier alpha value is -2.97. The number of allylic oxidation sites excluding steroid dienone is 1. The molecule has 3 heterocycles. The van der Waals surface area contributed by atoms with E-state index in [0.717, 1.165) is 11.3 Å².